The number of amides is 2. The third-order valence-corrected chi connectivity index (χ3v) is 7.88. The molecule has 3 rings (SSSR count). The number of carbonyl (C=O) groups excluding carboxylic acids is 2. The van der Waals surface area contributed by atoms with Crippen molar-refractivity contribution >= 4 is 27.5 Å². The van der Waals surface area contributed by atoms with Crippen molar-refractivity contribution in [1.29, 1.82) is 0 Å². The zero-order valence-corrected chi connectivity index (χ0v) is 22.9. The van der Waals surface area contributed by atoms with Crippen LogP contribution in [-0.2, 0) is 26.2 Å². The summed E-state index contributed by atoms with van der Waals surface area (Å²) in [6.07, 6.45) is 0. The lowest BCUT2D eigenvalue weighted by molar-refractivity contribution is -0.139. The number of carbonyl (C=O) groups is 2. The largest absolute Gasteiger partial charge is 0.355 e. The van der Waals surface area contributed by atoms with E-state index in [0.717, 1.165) is 26.6 Å². The van der Waals surface area contributed by atoms with Crippen molar-refractivity contribution in [3.8, 4) is 0 Å². The molecule has 0 spiro atoms. The van der Waals surface area contributed by atoms with Crippen LogP contribution in [-0.4, -0.2) is 44.3 Å². The van der Waals surface area contributed by atoms with Crippen LogP contribution in [0.5, 0.6) is 0 Å². The summed E-state index contributed by atoms with van der Waals surface area (Å²) in [6, 6.07) is 20.5. The Hall–Kier alpha value is -3.65. The van der Waals surface area contributed by atoms with Crippen molar-refractivity contribution in [2.45, 2.75) is 52.1 Å². The van der Waals surface area contributed by atoms with Crippen LogP contribution in [0.25, 0.3) is 0 Å². The van der Waals surface area contributed by atoms with Crippen LogP contribution in [0.15, 0.2) is 77.7 Å². The molecule has 0 unspecified atom stereocenters. The lowest BCUT2D eigenvalue weighted by Gasteiger charge is -2.32. The monoisotopic (exact) mass is 521 g/mol. The van der Waals surface area contributed by atoms with Crippen LogP contribution in [0.3, 0.4) is 0 Å². The number of aryl methyl sites for hydroxylation is 3. The van der Waals surface area contributed by atoms with Crippen molar-refractivity contribution < 1.29 is 18.0 Å². The second-order valence-electron chi connectivity index (χ2n) is 9.25. The molecule has 0 bridgehead atoms. The Labute approximate surface area is 220 Å². The summed E-state index contributed by atoms with van der Waals surface area (Å²) in [5.41, 5.74) is 3.92. The second-order valence-corrected chi connectivity index (χ2v) is 11.1. The molecule has 2 amide bonds. The maximum absolute atomic E-state index is 13.9. The Morgan fingerprint density at radius 1 is 0.865 bits per heavy atom. The third kappa shape index (κ3) is 6.98. The Morgan fingerprint density at radius 2 is 1.46 bits per heavy atom. The van der Waals surface area contributed by atoms with Gasteiger partial charge in [0.25, 0.3) is 10.0 Å². The maximum atomic E-state index is 13.9. The Morgan fingerprint density at radius 3 is 2.03 bits per heavy atom. The van der Waals surface area contributed by atoms with Crippen molar-refractivity contribution in [2.24, 2.45) is 0 Å². The molecule has 0 saturated heterocycles. The lowest BCUT2D eigenvalue weighted by atomic mass is 10.1. The molecule has 0 fully saturated rings. The third-order valence-electron chi connectivity index (χ3n) is 6.10. The van der Waals surface area contributed by atoms with Crippen LogP contribution < -0.4 is 9.62 Å². The summed E-state index contributed by atoms with van der Waals surface area (Å²) >= 11 is 0. The summed E-state index contributed by atoms with van der Waals surface area (Å²) in [5.74, 6) is -0.774. The van der Waals surface area contributed by atoms with E-state index in [-0.39, 0.29) is 17.3 Å². The van der Waals surface area contributed by atoms with Crippen molar-refractivity contribution in [3.05, 3.63) is 95.1 Å². The van der Waals surface area contributed by atoms with Gasteiger partial charge in [0, 0.05) is 13.1 Å². The van der Waals surface area contributed by atoms with E-state index in [1.54, 1.807) is 43.3 Å². The van der Waals surface area contributed by atoms with Gasteiger partial charge in [-0.15, -0.1) is 0 Å². The van der Waals surface area contributed by atoms with E-state index in [2.05, 4.69) is 5.32 Å². The minimum Gasteiger partial charge on any atom is -0.355 e. The van der Waals surface area contributed by atoms with Crippen LogP contribution in [0.2, 0.25) is 0 Å². The molecule has 3 aromatic rings. The Bertz CT molecular complexity index is 1320. The molecule has 8 heteroatoms. The van der Waals surface area contributed by atoms with Gasteiger partial charge in [0.05, 0.1) is 10.6 Å². The highest BCUT2D eigenvalue weighted by atomic mass is 32.2. The fraction of sp³-hybridized carbons (Fsp3) is 0.310. The molecule has 0 aliphatic rings. The number of nitrogens with one attached hydrogen (secondary N) is 1. The van der Waals surface area contributed by atoms with Crippen LogP contribution in [0.1, 0.15) is 36.1 Å². The molecule has 0 radical (unpaired) electrons. The van der Waals surface area contributed by atoms with E-state index < -0.39 is 28.5 Å². The molecule has 7 nitrogen and oxygen atoms in total. The Kier molecular flexibility index (Phi) is 9.10. The molecule has 0 heterocycles. The first-order chi connectivity index (χ1) is 17.5. The summed E-state index contributed by atoms with van der Waals surface area (Å²) < 4.78 is 28.9. The molecule has 1 N–H and O–H groups in total. The first-order valence-corrected chi connectivity index (χ1v) is 13.8. The SMILES string of the molecule is CCNC(=O)[C@H](C)N(Cc1ccccc1)C(=O)CN(c1cc(C)cc(C)c1)S(=O)(=O)c1ccc(C)cc1. The number of sulfonamides is 1. The highest BCUT2D eigenvalue weighted by Crippen LogP contribution is 2.27. The molecule has 0 saturated carbocycles. The second kappa shape index (κ2) is 12.1. The molecule has 0 aliphatic heterocycles. The topological polar surface area (TPSA) is 86.8 Å². The molecule has 37 heavy (non-hydrogen) atoms. The molecule has 0 aliphatic carbocycles. The summed E-state index contributed by atoms with van der Waals surface area (Å²) in [4.78, 5) is 28.1. The predicted octanol–water partition coefficient (Wildman–Crippen LogP) is 4.36. The summed E-state index contributed by atoms with van der Waals surface area (Å²) in [7, 11) is -4.08. The first-order valence-electron chi connectivity index (χ1n) is 12.3. The normalized spacial score (nSPS) is 12.0. The molecule has 3 aromatic carbocycles. The van der Waals surface area contributed by atoms with Gasteiger partial charge >= 0.3 is 0 Å². The van der Waals surface area contributed by atoms with Gasteiger partial charge in [-0.05, 0) is 75.6 Å². The number of anilines is 1. The van der Waals surface area contributed by atoms with Gasteiger partial charge in [0.15, 0.2) is 0 Å². The highest BCUT2D eigenvalue weighted by Gasteiger charge is 2.32. The molecule has 196 valence electrons. The average molecular weight is 522 g/mol. The number of benzene rings is 3. The van der Waals surface area contributed by atoms with Gasteiger partial charge in [-0.2, -0.15) is 0 Å². The molecular formula is C29H35N3O4S. The van der Waals surface area contributed by atoms with Crippen molar-refractivity contribution in [2.75, 3.05) is 17.4 Å². The molecule has 1 atom stereocenters. The number of hydrogen-bond acceptors (Lipinski definition) is 4. The minimum absolute atomic E-state index is 0.0939. The number of rotatable bonds is 10. The fourth-order valence-corrected chi connectivity index (χ4v) is 5.54. The standard InChI is InChI=1S/C29H35N3O4S/c1-6-30-29(34)24(5)31(19-25-10-8-7-9-11-25)28(33)20-32(26-17-22(3)16-23(4)18-26)37(35,36)27-14-12-21(2)13-15-27/h7-18,24H,6,19-20H2,1-5H3,(H,30,34)/t24-/m0/s1. The number of likely N-dealkylation sites (N-methyl/N-ethyl adjacent to an activating group) is 1. The summed E-state index contributed by atoms with van der Waals surface area (Å²) in [5, 5.41) is 2.76. The van der Waals surface area contributed by atoms with E-state index in [0.29, 0.717) is 12.2 Å². The fourth-order valence-electron chi connectivity index (χ4n) is 4.15. The zero-order chi connectivity index (χ0) is 27.2. The van der Waals surface area contributed by atoms with Crippen molar-refractivity contribution in [1.82, 2.24) is 10.2 Å². The quantitative estimate of drug-likeness (QED) is 0.430. The Balaban J connectivity index is 2.05. The van der Waals surface area contributed by atoms with Crippen LogP contribution >= 0.6 is 0 Å². The number of hydrogen-bond donors (Lipinski definition) is 1. The van der Waals surface area contributed by atoms with E-state index in [1.165, 1.54) is 4.90 Å². The number of nitrogens with zero attached hydrogens (tertiary/aromatic N) is 2. The lowest BCUT2D eigenvalue weighted by Crippen LogP contribution is -2.51. The smallest absolute Gasteiger partial charge is 0.264 e. The van der Waals surface area contributed by atoms with Gasteiger partial charge in [0.2, 0.25) is 11.8 Å². The van der Waals surface area contributed by atoms with Crippen LogP contribution in [0.4, 0.5) is 5.69 Å². The molecule has 0 aromatic heterocycles. The van der Waals surface area contributed by atoms with Gasteiger partial charge < -0.3 is 10.2 Å². The maximum Gasteiger partial charge on any atom is 0.264 e. The average Bonchev–Trinajstić information content (AvgIpc) is 2.85. The van der Waals surface area contributed by atoms with E-state index in [1.807, 2.05) is 64.1 Å². The van der Waals surface area contributed by atoms with Crippen molar-refractivity contribution in [3.63, 3.8) is 0 Å². The minimum atomic E-state index is -4.08. The van der Waals surface area contributed by atoms with E-state index in [4.69, 9.17) is 0 Å². The van der Waals surface area contributed by atoms with E-state index >= 15 is 0 Å². The van der Waals surface area contributed by atoms with Gasteiger partial charge in [-0.1, -0.05) is 54.1 Å². The van der Waals surface area contributed by atoms with Gasteiger partial charge in [-0.25, -0.2) is 8.42 Å². The van der Waals surface area contributed by atoms with Gasteiger partial charge in [-0.3, -0.25) is 13.9 Å². The predicted molar refractivity (Wildman–Crippen MR) is 147 cm³/mol. The molecular weight excluding hydrogens is 486 g/mol. The van der Waals surface area contributed by atoms with E-state index in [9.17, 15) is 18.0 Å². The first kappa shape index (κ1) is 27.9. The highest BCUT2D eigenvalue weighted by molar-refractivity contribution is 7.92. The van der Waals surface area contributed by atoms with Crippen LogP contribution in [0, 0.1) is 20.8 Å². The zero-order valence-electron chi connectivity index (χ0n) is 22.1. The van der Waals surface area contributed by atoms with Gasteiger partial charge in [0.1, 0.15) is 12.6 Å². The summed E-state index contributed by atoms with van der Waals surface area (Å²) in [6.45, 7) is 9.25.